The number of aryl methyl sites for hydroxylation is 2. The van der Waals surface area contributed by atoms with E-state index in [1.807, 2.05) is 6.92 Å². The van der Waals surface area contributed by atoms with Gasteiger partial charge in [0.15, 0.2) is 0 Å². The highest BCUT2D eigenvalue weighted by Crippen LogP contribution is 2.24. The third-order valence-electron chi connectivity index (χ3n) is 4.99. The third-order valence-corrected chi connectivity index (χ3v) is 4.99. The van der Waals surface area contributed by atoms with Crippen LogP contribution in [-0.2, 0) is 16.0 Å². The Hall–Kier alpha value is -2.04. The van der Waals surface area contributed by atoms with Gasteiger partial charge in [0.25, 0.3) is 0 Å². The lowest BCUT2D eigenvalue weighted by Crippen LogP contribution is -2.49. The van der Waals surface area contributed by atoms with Crippen LogP contribution in [0, 0.1) is 25.7 Å². The maximum absolute atomic E-state index is 12.3. The van der Waals surface area contributed by atoms with E-state index >= 15 is 0 Å². The number of piperidine rings is 1. The van der Waals surface area contributed by atoms with Crippen molar-refractivity contribution in [3.05, 3.63) is 34.9 Å². The van der Waals surface area contributed by atoms with Crippen molar-refractivity contribution in [1.29, 1.82) is 0 Å². The van der Waals surface area contributed by atoms with Crippen LogP contribution in [0.1, 0.15) is 30.0 Å². The van der Waals surface area contributed by atoms with E-state index < -0.39 is 0 Å². The van der Waals surface area contributed by atoms with Crippen molar-refractivity contribution in [2.24, 2.45) is 11.8 Å². The number of likely N-dealkylation sites (tertiary alicyclic amines) is 1. The van der Waals surface area contributed by atoms with Crippen LogP contribution in [0.15, 0.2) is 18.2 Å². The van der Waals surface area contributed by atoms with Crippen LogP contribution in [-0.4, -0.2) is 43.6 Å². The number of methoxy groups -OCH3 is 1. The highest BCUT2D eigenvalue weighted by molar-refractivity contribution is 5.76. The van der Waals surface area contributed by atoms with Crippen LogP contribution in [0.25, 0.3) is 0 Å². The lowest BCUT2D eigenvalue weighted by atomic mass is 9.87. The maximum atomic E-state index is 12.3. The van der Waals surface area contributed by atoms with Gasteiger partial charge in [-0.3, -0.25) is 4.79 Å². The number of hydrogen-bond donors (Lipinski definition) is 1. The second kappa shape index (κ2) is 8.18. The molecule has 0 radical (unpaired) electrons. The van der Waals surface area contributed by atoms with Crippen LogP contribution in [0.4, 0.5) is 4.79 Å². The van der Waals surface area contributed by atoms with Crippen molar-refractivity contribution in [2.75, 3.05) is 26.7 Å². The number of amides is 2. The second-order valence-corrected chi connectivity index (χ2v) is 6.69. The Labute approximate surface area is 144 Å². The summed E-state index contributed by atoms with van der Waals surface area (Å²) in [5, 5.41) is 3.00. The standard InChI is InChI=1S/C19H28N2O3/c1-13-6-5-7-14(2)16(13)8-10-20-19(23)21-11-9-17(15(3)12-21)18(22)24-4/h5-7,15,17H,8-12H2,1-4H3,(H,20,23)/t15-,17-/m0/s1. The zero-order valence-corrected chi connectivity index (χ0v) is 15.1. The summed E-state index contributed by atoms with van der Waals surface area (Å²) in [6.07, 6.45) is 1.50. The number of nitrogens with one attached hydrogen (secondary N) is 1. The van der Waals surface area contributed by atoms with Crippen LogP contribution in [0.2, 0.25) is 0 Å². The zero-order valence-electron chi connectivity index (χ0n) is 15.1. The number of benzene rings is 1. The van der Waals surface area contributed by atoms with Gasteiger partial charge >= 0.3 is 12.0 Å². The SMILES string of the molecule is COC(=O)[C@H]1CCN(C(=O)NCCc2c(C)cccc2C)C[C@@H]1C. The molecular formula is C19H28N2O3. The number of rotatable bonds is 4. The molecule has 5 nitrogen and oxygen atoms in total. The Balaban J connectivity index is 1.82. The summed E-state index contributed by atoms with van der Waals surface area (Å²) in [6.45, 7) is 8.01. The Kier molecular flexibility index (Phi) is 6.23. The number of carbonyl (C=O) groups excluding carboxylic acids is 2. The molecule has 1 aromatic rings. The number of carbonyl (C=O) groups is 2. The minimum Gasteiger partial charge on any atom is -0.469 e. The molecule has 0 bridgehead atoms. The van der Waals surface area contributed by atoms with Crippen molar-refractivity contribution in [3.8, 4) is 0 Å². The van der Waals surface area contributed by atoms with Gasteiger partial charge in [0.2, 0.25) is 0 Å². The Morgan fingerprint density at radius 2 is 1.96 bits per heavy atom. The molecular weight excluding hydrogens is 304 g/mol. The Bertz CT molecular complexity index is 580. The molecule has 24 heavy (non-hydrogen) atoms. The van der Waals surface area contributed by atoms with E-state index in [0.717, 1.165) is 6.42 Å². The van der Waals surface area contributed by atoms with E-state index in [1.165, 1.54) is 23.8 Å². The molecule has 0 saturated carbocycles. The molecule has 132 valence electrons. The largest absolute Gasteiger partial charge is 0.469 e. The van der Waals surface area contributed by atoms with Crippen molar-refractivity contribution in [1.82, 2.24) is 10.2 Å². The van der Waals surface area contributed by atoms with Gasteiger partial charge in [-0.05, 0) is 49.3 Å². The first-order chi connectivity index (χ1) is 11.4. The number of esters is 1. The molecule has 5 heteroatoms. The van der Waals surface area contributed by atoms with Gasteiger partial charge in [-0.25, -0.2) is 4.79 Å². The predicted molar refractivity (Wildman–Crippen MR) is 93.9 cm³/mol. The van der Waals surface area contributed by atoms with Crippen molar-refractivity contribution >= 4 is 12.0 Å². The summed E-state index contributed by atoms with van der Waals surface area (Å²) in [5.74, 6) is -0.151. The second-order valence-electron chi connectivity index (χ2n) is 6.69. The summed E-state index contributed by atoms with van der Waals surface area (Å²) < 4.78 is 4.83. The summed E-state index contributed by atoms with van der Waals surface area (Å²) in [5.41, 5.74) is 3.82. The van der Waals surface area contributed by atoms with Gasteiger partial charge < -0.3 is 15.0 Å². The first kappa shape index (κ1) is 18.3. The van der Waals surface area contributed by atoms with E-state index in [1.54, 1.807) is 4.90 Å². The maximum Gasteiger partial charge on any atom is 0.317 e. The molecule has 2 rings (SSSR count). The van der Waals surface area contributed by atoms with E-state index in [4.69, 9.17) is 4.74 Å². The minimum atomic E-state index is -0.169. The summed E-state index contributed by atoms with van der Waals surface area (Å²) in [4.78, 5) is 25.9. The summed E-state index contributed by atoms with van der Waals surface area (Å²) in [6, 6.07) is 6.21. The van der Waals surface area contributed by atoms with Gasteiger partial charge in [-0.15, -0.1) is 0 Å². The molecule has 0 spiro atoms. The monoisotopic (exact) mass is 332 g/mol. The van der Waals surface area contributed by atoms with Crippen molar-refractivity contribution in [3.63, 3.8) is 0 Å². The highest BCUT2D eigenvalue weighted by Gasteiger charge is 2.33. The first-order valence-corrected chi connectivity index (χ1v) is 8.59. The molecule has 1 aromatic carbocycles. The molecule has 1 aliphatic heterocycles. The average molecular weight is 332 g/mol. The van der Waals surface area contributed by atoms with Gasteiger partial charge in [0, 0.05) is 19.6 Å². The van der Waals surface area contributed by atoms with Crippen molar-refractivity contribution in [2.45, 2.75) is 33.6 Å². The number of nitrogens with zero attached hydrogens (tertiary/aromatic N) is 1. The topological polar surface area (TPSA) is 58.6 Å². The Morgan fingerprint density at radius 3 is 2.54 bits per heavy atom. The molecule has 1 N–H and O–H groups in total. The molecule has 1 heterocycles. The third kappa shape index (κ3) is 4.28. The fraction of sp³-hybridized carbons (Fsp3) is 0.579. The minimum absolute atomic E-state index is 0.0450. The lowest BCUT2D eigenvalue weighted by Gasteiger charge is -2.35. The summed E-state index contributed by atoms with van der Waals surface area (Å²) >= 11 is 0. The highest BCUT2D eigenvalue weighted by atomic mass is 16.5. The van der Waals surface area contributed by atoms with Crippen LogP contribution in [0.3, 0.4) is 0 Å². The van der Waals surface area contributed by atoms with Gasteiger partial charge in [-0.2, -0.15) is 0 Å². The summed E-state index contributed by atoms with van der Waals surface area (Å²) in [7, 11) is 1.42. The van der Waals surface area contributed by atoms with Gasteiger partial charge in [0.05, 0.1) is 13.0 Å². The van der Waals surface area contributed by atoms with Crippen molar-refractivity contribution < 1.29 is 14.3 Å². The van der Waals surface area contributed by atoms with Crippen LogP contribution >= 0.6 is 0 Å². The van der Waals surface area contributed by atoms with E-state index in [9.17, 15) is 9.59 Å². The first-order valence-electron chi connectivity index (χ1n) is 8.59. The van der Waals surface area contributed by atoms with Gasteiger partial charge in [0.1, 0.15) is 0 Å². The fourth-order valence-corrected chi connectivity index (χ4v) is 3.48. The molecule has 0 aliphatic carbocycles. The van der Waals surface area contributed by atoms with E-state index in [0.29, 0.717) is 26.1 Å². The lowest BCUT2D eigenvalue weighted by molar-refractivity contribution is -0.148. The molecule has 2 atom stereocenters. The average Bonchev–Trinajstić information content (AvgIpc) is 2.56. The molecule has 0 aromatic heterocycles. The molecule has 1 fully saturated rings. The van der Waals surface area contributed by atoms with E-state index in [2.05, 4.69) is 37.4 Å². The smallest absolute Gasteiger partial charge is 0.317 e. The number of hydrogen-bond acceptors (Lipinski definition) is 3. The van der Waals surface area contributed by atoms with Gasteiger partial charge in [-0.1, -0.05) is 25.1 Å². The zero-order chi connectivity index (χ0) is 17.7. The quantitative estimate of drug-likeness (QED) is 0.863. The molecule has 1 aliphatic rings. The normalized spacial score (nSPS) is 20.6. The number of ether oxygens (including phenoxy) is 1. The molecule has 1 saturated heterocycles. The molecule has 2 amide bonds. The van der Waals surface area contributed by atoms with Crippen LogP contribution in [0.5, 0.6) is 0 Å². The van der Waals surface area contributed by atoms with Crippen LogP contribution < -0.4 is 5.32 Å². The Morgan fingerprint density at radius 1 is 1.29 bits per heavy atom. The number of urea groups is 1. The predicted octanol–water partition coefficient (Wildman–Crippen LogP) is 2.69. The molecule has 0 unspecified atom stereocenters. The fourth-order valence-electron chi connectivity index (χ4n) is 3.48. The van der Waals surface area contributed by atoms with E-state index in [-0.39, 0.29) is 23.8 Å².